The van der Waals surface area contributed by atoms with Crippen LogP contribution in [0.5, 0.6) is 0 Å². The smallest absolute Gasteiger partial charge is 0.307 e. The highest BCUT2D eigenvalue weighted by Gasteiger charge is 2.37. The molecule has 0 bridgehead atoms. The van der Waals surface area contributed by atoms with Crippen molar-refractivity contribution in [2.24, 2.45) is 11.7 Å². The fourth-order valence-electron chi connectivity index (χ4n) is 2.57. The standard InChI is InChI=1S/C14H26N2O3/c1-10(2)12(15)13(18)16-14(9-11(17)19-3)7-5-4-6-8-14/h10,12H,4-9,15H2,1-3H3,(H,16,18). The van der Waals surface area contributed by atoms with Crippen LogP contribution in [0, 0.1) is 5.92 Å². The van der Waals surface area contributed by atoms with Crippen LogP contribution < -0.4 is 11.1 Å². The molecule has 1 saturated carbocycles. The first-order chi connectivity index (χ1) is 8.90. The molecule has 1 amide bonds. The second-order valence-corrected chi connectivity index (χ2v) is 5.85. The first kappa shape index (κ1) is 16.0. The van der Waals surface area contributed by atoms with Crippen LogP contribution in [0.15, 0.2) is 0 Å². The second kappa shape index (κ2) is 6.89. The monoisotopic (exact) mass is 270 g/mol. The number of amides is 1. The number of carbonyl (C=O) groups excluding carboxylic acids is 2. The van der Waals surface area contributed by atoms with Gasteiger partial charge in [-0.15, -0.1) is 0 Å². The Morgan fingerprint density at radius 2 is 1.84 bits per heavy atom. The third-order valence-electron chi connectivity index (χ3n) is 3.93. The van der Waals surface area contributed by atoms with Crippen molar-refractivity contribution in [3.63, 3.8) is 0 Å². The molecule has 1 atom stereocenters. The third kappa shape index (κ3) is 4.49. The van der Waals surface area contributed by atoms with E-state index in [1.165, 1.54) is 7.11 Å². The lowest BCUT2D eigenvalue weighted by molar-refractivity contribution is -0.143. The van der Waals surface area contributed by atoms with Gasteiger partial charge >= 0.3 is 5.97 Å². The van der Waals surface area contributed by atoms with Gasteiger partial charge in [0.25, 0.3) is 0 Å². The lowest BCUT2D eigenvalue weighted by atomic mass is 9.79. The van der Waals surface area contributed by atoms with Gasteiger partial charge in [-0.3, -0.25) is 9.59 Å². The normalized spacial score (nSPS) is 19.8. The Kier molecular flexibility index (Phi) is 5.79. The minimum Gasteiger partial charge on any atom is -0.469 e. The Hall–Kier alpha value is -1.10. The van der Waals surface area contributed by atoms with Crippen molar-refractivity contribution in [2.45, 2.75) is 64.0 Å². The average Bonchev–Trinajstić information content (AvgIpc) is 2.38. The van der Waals surface area contributed by atoms with E-state index < -0.39 is 11.6 Å². The Balaban J connectivity index is 2.74. The molecule has 110 valence electrons. The van der Waals surface area contributed by atoms with E-state index in [2.05, 4.69) is 5.32 Å². The maximum absolute atomic E-state index is 12.1. The molecule has 1 fully saturated rings. The summed E-state index contributed by atoms with van der Waals surface area (Å²) in [5, 5.41) is 3.01. The zero-order chi connectivity index (χ0) is 14.5. The lowest BCUT2D eigenvalue weighted by Gasteiger charge is -2.38. The van der Waals surface area contributed by atoms with Crippen molar-refractivity contribution in [3.8, 4) is 0 Å². The van der Waals surface area contributed by atoms with E-state index in [-0.39, 0.29) is 24.2 Å². The maximum atomic E-state index is 12.1. The first-order valence-corrected chi connectivity index (χ1v) is 7.04. The molecule has 19 heavy (non-hydrogen) atoms. The van der Waals surface area contributed by atoms with Crippen LogP contribution in [-0.4, -0.2) is 30.6 Å². The molecule has 0 spiro atoms. The predicted molar refractivity (Wildman–Crippen MR) is 73.4 cm³/mol. The summed E-state index contributed by atoms with van der Waals surface area (Å²) in [6.45, 7) is 3.83. The SMILES string of the molecule is COC(=O)CC1(NC(=O)C(N)C(C)C)CCCCC1. The summed E-state index contributed by atoms with van der Waals surface area (Å²) in [7, 11) is 1.38. The van der Waals surface area contributed by atoms with Gasteiger partial charge in [0, 0.05) is 0 Å². The molecule has 0 saturated heterocycles. The molecule has 3 N–H and O–H groups in total. The van der Waals surface area contributed by atoms with Crippen LogP contribution in [0.3, 0.4) is 0 Å². The van der Waals surface area contributed by atoms with Crippen molar-refractivity contribution in [1.82, 2.24) is 5.32 Å². The number of carbonyl (C=O) groups is 2. The van der Waals surface area contributed by atoms with E-state index in [1.54, 1.807) is 0 Å². The number of hydrogen-bond donors (Lipinski definition) is 2. The molecule has 0 aliphatic heterocycles. The molecule has 0 heterocycles. The number of hydrogen-bond acceptors (Lipinski definition) is 4. The number of nitrogens with two attached hydrogens (primary N) is 1. The number of rotatable bonds is 5. The van der Waals surface area contributed by atoms with Gasteiger partial charge in [0.05, 0.1) is 25.1 Å². The van der Waals surface area contributed by atoms with Crippen LogP contribution in [0.1, 0.15) is 52.4 Å². The van der Waals surface area contributed by atoms with Gasteiger partial charge in [-0.05, 0) is 18.8 Å². The summed E-state index contributed by atoms with van der Waals surface area (Å²) >= 11 is 0. The maximum Gasteiger partial charge on any atom is 0.307 e. The molecule has 0 radical (unpaired) electrons. The van der Waals surface area contributed by atoms with Gasteiger partial charge in [-0.2, -0.15) is 0 Å². The van der Waals surface area contributed by atoms with Crippen LogP contribution in [0.4, 0.5) is 0 Å². The van der Waals surface area contributed by atoms with Crippen molar-refractivity contribution in [3.05, 3.63) is 0 Å². The Bertz CT molecular complexity index is 323. The Labute approximate surface area is 115 Å². The molecule has 1 unspecified atom stereocenters. The Morgan fingerprint density at radius 1 is 1.26 bits per heavy atom. The molecule has 0 aromatic heterocycles. The molecular formula is C14H26N2O3. The highest BCUT2D eigenvalue weighted by Crippen LogP contribution is 2.31. The van der Waals surface area contributed by atoms with E-state index in [4.69, 9.17) is 10.5 Å². The van der Waals surface area contributed by atoms with E-state index in [0.29, 0.717) is 0 Å². The van der Waals surface area contributed by atoms with Gasteiger partial charge in [0.1, 0.15) is 0 Å². The Morgan fingerprint density at radius 3 is 2.32 bits per heavy atom. The average molecular weight is 270 g/mol. The third-order valence-corrected chi connectivity index (χ3v) is 3.93. The number of nitrogens with one attached hydrogen (secondary N) is 1. The van der Waals surface area contributed by atoms with Crippen molar-refractivity contribution >= 4 is 11.9 Å². The summed E-state index contributed by atoms with van der Waals surface area (Å²) in [5.41, 5.74) is 5.41. The molecule has 0 aromatic rings. The van der Waals surface area contributed by atoms with Gasteiger partial charge in [0.15, 0.2) is 0 Å². The van der Waals surface area contributed by atoms with E-state index in [9.17, 15) is 9.59 Å². The fraction of sp³-hybridized carbons (Fsp3) is 0.857. The molecule has 0 aromatic carbocycles. The van der Waals surface area contributed by atoms with Crippen molar-refractivity contribution in [1.29, 1.82) is 0 Å². The first-order valence-electron chi connectivity index (χ1n) is 7.04. The predicted octanol–water partition coefficient (Wildman–Crippen LogP) is 1.35. The van der Waals surface area contributed by atoms with Crippen LogP contribution in [0.2, 0.25) is 0 Å². The van der Waals surface area contributed by atoms with Gasteiger partial charge in [0.2, 0.25) is 5.91 Å². The highest BCUT2D eigenvalue weighted by molar-refractivity contribution is 5.83. The second-order valence-electron chi connectivity index (χ2n) is 5.85. The number of methoxy groups -OCH3 is 1. The van der Waals surface area contributed by atoms with E-state index in [0.717, 1.165) is 32.1 Å². The minimum atomic E-state index is -0.531. The van der Waals surface area contributed by atoms with Crippen LogP contribution >= 0.6 is 0 Å². The largest absolute Gasteiger partial charge is 0.469 e. The van der Waals surface area contributed by atoms with Crippen LogP contribution in [0.25, 0.3) is 0 Å². The zero-order valence-electron chi connectivity index (χ0n) is 12.2. The molecule has 1 rings (SSSR count). The molecule has 5 nitrogen and oxygen atoms in total. The summed E-state index contributed by atoms with van der Waals surface area (Å²) in [5.74, 6) is -0.361. The molecular weight excluding hydrogens is 244 g/mol. The molecule has 5 heteroatoms. The summed E-state index contributed by atoms with van der Waals surface area (Å²) in [4.78, 5) is 23.7. The van der Waals surface area contributed by atoms with E-state index >= 15 is 0 Å². The van der Waals surface area contributed by atoms with E-state index in [1.807, 2.05) is 13.8 Å². The fourth-order valence-corrected chi connectivity index (χ4v) is 2.57. The minimum absolute atomic E-state index is 0.0822. The number of ether oxygens (including phenoxy) is 1. The van der Waals surface area contributed by atoms with Gasteiger partial charge < -0.3 is 15.8 Å². The van der Waals surface area contributed by atoms with Crippen molar-refractivity contribution < 1.29 is 14.3 Å². The lowest BCUT2D eigenvalue weighted by Crippen LogP contribution is -2.56. The summed E-state index contributed by atoms with van der Waals surface area (Å²) in [6.07, 6.45) is 5.06. The summed E-state index contributed by atoms with van der Waals surface area (Å²) in [6, 6.07) is -0.531. The molecule has 1 aliphatic carbocycles. The zero-order valence-corrected chi connectivity index (χ0v) is 12.2. The topological polar surface area (TPSA) is 81.4 Å². The highest BCUT2D eigenvalue weighted by atomic mass is 16.5. The number of esters is 1. The van der Waals surface area contributed by atoms with Gasteiger partial charge in [-0.1, -0.05) is 33.1 Å². The quantitative estimate of drug-likeness (QED) is 0.739. The van der Waals surface area contributed by atoms with Gasteiger partial charge in [-0.25, -0.2) is 0 Å². The summed E-state index contributed by atoms with van der Waals surface area (Å²) < 4.78 is 4.75. The van der Waals surface area contributed by atoms with Crippen molar-refractivity contribution in [2.75, 3.05) is 7.11 Å². The molecule has 1 aliphatic rings. The van der Waals surface area contributed by atoms with Crippen LogP contribution in [-0.2, 0) is 14.3 Å².